The summed E-state index contributed by atoms with van der Waals surface area (Å²) in [5.41, 5.74) is 0. The van der Waals surface area contributed by atoms with Gasteiger partial charge in [0.2, 0.25) is 0 Å². The number of ether oxygens (including phenoxy) is 1. The smallest absolute Gasteiger partial charge is 0.369 e. The summed E-state index contributed by atoms with van der Waals surface area (Å²) in [6.45, 7) is 2.29. The van der Waals surface area contributed by atoms with E-state index in [9.17, 15) is 13.2 Å². The predicted octanol–water partition coefficient (Wildman–Crippen LogP) is 7.68. The fourth-order valence-corrected chi connectivity index (χ4v) is 5.06. The molecule has 4 heteroatoms. The molecule has 0 heterocycles. The van der Waals surface area contributed by atoms with E-state index in [-0.39, 0.29) is 13.0 Å². The monoisotopic (exact) mass is 376 g/mol. The Morgan fingerprint density at radius 2 is 1.50 bits per heavy atom. The summed E-state index contributed by atoms with van der Waals surface area (Å²) in [5, 5.41) is 0. The molecule has 2 saturated carbocycles. The maximum atomic E-state index is 13.1. The number of rotatable bonds is 10. The van der Waals surface area contributed by atoms with Gasteiger partial charge in [-0.1, -0.05) is 77.6 Å². The van der Waals surface area contributed by atoms with Crippen LogP contribution in [0.15, 0.2) is 0 Å². The van der Waals surface area contributed by atoms with Crippen molar-refractivity contribution in [3.63, 3.8) is 0 Å². The van der Waals surface area contributed by atoms with Crippen LogP contribution in [0.1, 0.15) is 103 Å². The van der Waals surface area contributed by atoms with Crippen molar-refractivity contribution < 1.29 is 17.9 Å². The Balaban J connectivity index is 1.62. The first-order chi connectivity index (χ1) is 12.5. The van der Waals surface area contributed by atoms with Gasteiger partial charge in [0, 0.05) is 6.61 Å². The Kier molecular flexibility index (Phi) is 9.80. The van der Waals surface area contributed by atoms with E-state index in [4.69, 9.17) is 4.74 Å². The van der Waals surface area contributed by atoms with Crippen LogP contribution in [0.3, 0.4) is 0 Å². The van der Waals surface area contributed by atoms with Crippen LogP contribution in [0.4, 0.5) is 13.2 Å². The summed E-state index contributed by atoms with van der Waals surface area (Å²) in [7, 11) is 0. The number of hydrogen-bond donors (Lipinski definition) is 0. The molecule has 0 aromatic rings. The summed E-state index contributed by atoms with van der Waals surface area (Å²) in [5.74, 6) is 2.48. The Hall–Kier alpha value is -0.250. The van der Waals surface area contributed by atoms with Crippen LogP contribution in [0.25, 0.3) is 0 Å². The lowest BCUT2D eigenvalue weighted by Gasteiger charge is -2.36. The molecule has 0 aromatic carbocycles. The zero-order chi connectivity index (χ0) is 18.8. The average molecular weight is 377 g/mol. The summed E-state index contributed by atoms with van der Waals surface area (Å²) >= 11 is 0. The van der Waals surface area contributed by atoms with Gasteiger partial charge in [0.1, 0.15) is 0 Å². The predicted molar refractivity (Wildman–Crippen MR) is 101 cm³/mol. The number of halogens is 3. The van der Waals surface area contributed by atoms with Crippen molar-refractivity contribution in [2.24, 2.45) is 17.8 Å². The molecule has 0 radical (unpaired) electrons. The van der Waals surface area contributed by atoms with E-state index in [2.05, 4.69) is 0 Å². The molecule has 0 bridgehead atoms. The van der Waals surface area contributed by atoms with Gasteiger partial charge in [-0.2, -0.15) is 13.2 Å². The van der Waals surface area contributed by atoms with Crippen LogP contribution >= 0.6 is 0 Å². The molecule has 0 saturated heterocycles. The first-order valence-corrected chi connectivity index (χ1v) is 11.2. The van der Waals surface area contributed by atoms with Crippen LogP contribution in [-0.4, -0.2) is 18.9 Å². The van der Waals surface area contributed by atoms with Crippen molar-refractivity contribution in [3.05, 3.63) is 0 Å². The molecule has 0 N–H and O–H groups in total. The number of alkyl halides is 3. The standard InChI is InChI=1S/C22H39F3O/c1-2-3-7-17-26-21(22(23,24)25)12-8-9-18-13-15-20(16-14-18)19-10-5-4-6-11-19/h18-21H,2-17H2,1H3. The van der Waals surface area contributed by atoms with Gasteiger partial charge < -0.3 is 4.74 Å². The van der Waals surface area contributed by atoms with Gasteiger partial charge in [0.05, 0.1) is 0 Å². The van der Waals surface area contributed by atoms with Gasteiger partial charge >= 0.3 is 6.18 Å². The molecule has 1 atom stereocenters. The van der Waals surface area contributed by atoms with Crippen LogP contribution in [0, 0.1) is 17.8 Å². The Labute approximate surface area is 158 Å². The van der Waals surface area contributed by atoms with E-state index < -0.39 is 12.3 Å². The molecule has 1 unspecified atom stereocenters. The largest absolute Gasteiger partial charge is 0.414 e. The molecule has 0 aromatic heterocycles. The third-order valence-electron chi connectivity index (χ3n) is 6.72. The lowest BCUT2D eigenvalue weighted by atomic mass is 9.70. The van der Waals surface area contributed by atoms with Gasteiger partial charge in [-0.3, -0.25) is 0 Å². The SMILES string of the molecule is CCCCCOC(CCCC1CCC(C2CCCCC2)CC1)C(F)(F)F. The molecule has 0 aliphatic heterocycles. The minimum Gasteiger partial charge on any atom is -0.369 e. The van der Waals surface area contributed by atoms with Crippen molar-refractivity contribution in [1.29, 1.82) is 0 Å². The average Bonchev–Trinajstić information content (AvgIpc) is 2.64. The molecule has 26 heavy (non-hydrogen) atoms. The molecular weight excluding hydrogens is 337 g/mol. The van der Waals surface area contributed by atoms with E-state index in [0.717, 1.165) is 37.5 Å². The highest BCUT2D eigenvalue weighted by Gasteiger charge is 2.40. The third kappa shape index (κ3) is 7.78. The highest BCUT2D eigenvalue weighted by atomic mass is 19.4. The molecular formula is C22H39F3O. The quantitative estimate of drug-likeness (QED) is 0.355. The van der Waals surface area contributed by atoms with E-state index in [1.54, 1.807) is 0 Å². The lowest BCUT2D eigenvalue weighted by Crippen LogP contribution is -2.32. The fourth-order valence-electron chi connectivity index (χ4n) is 5.06. The van der Waals surface area contributed by atoms with Crippen LogP contribution in [0.2, 0.25) is 0 Å². The zero-order valence-corrected chi connectivity index (χ0v) is 16.7. The van der Waals surface area contributed by atoms with Crippen LogP contribution in [-0.2, 0) is 4.74 Å². The van der Waals surface area contributed by atoms with Crippen molar-refractivity contribution in [1.82, 2.24) is 0 Å². The normalized spacial score (nSPS) is 26.8. The van der Waals surface area contributed by atoms with E-state index >= 15 is 0 Å². The Morgan fingerprint density at radius 3 is 2.12 bits per heavy atom. The van der Waals surface area contributed by atoms with Gasteiger partial charge in [0.25, 0.3) is 0 Å². The first-order valence-electron chi connectivity index (χ1n) is 11.2. The maximum Gasteiger partial charge on any atom is 0.414 e. The highest BCUT2D eigenvalue weighted by Crippen LogP contribution is 2.41. The third-order valence-corrected chi connectivity index (χ3v) is 6.72. The molecule has 2 aliphatic rings. The van der Waals surface area contributed by atoms with Gasteiger partial charge in [-0.15, -0.1) is 0 Å². The van der Waals surface area contributed by atoms with Gasteiger partial charge in [-0.05, 0) is 43.4 Å². The highest BCUT2D eigenvalue weighted by molar-refractivity contribution is 4.80. The number of unbranched alkanes of at least 4 members (excludes halogenated alkanes) is 2. The first kappa shape index (κ1) is 22.0. The second-order valence-corrected chi connectivity index (χ2v) is 8.72. The second kappa shape index (κ2) is 11.6. The minimum atomic E-state index is -4.22. The lowest BCUT2D eigenvalue weighted by molar-refractivity contribution is -0.222. The zero-order valence-electron chi connectivity index (χ0n) is 16.7. The molecule has 154 valence electrons. The molecule has 2 rings (SSSR count). The van der Waals surface area contributed by atoms with Crippen LogP contribution < -0.4 is 0 Å². The van der Waals surface area contributed by atoms with Gasteiger partial charge in [0.15, 0.2) is 6.10 Å². The summed E-state index contributed by atoms with van der Waals surface area (Å²) in [4.78, 5) is 0. The molecule has 2 fully saturated rings. The summed E-state index contributed by atoms with van der Waals surface area (Å²) < 4.78 is 44.6. The summed E-state index contributed by atoms with van der Waals surface area (Å²) in [6, 6.07) is 0. The minimum absolute atomic E-state index is 0.137. The molecule has 0 spiro atoms. The van der Waals surface area contributed by atoms with Crippen LogP contribution in [0.5, 0.6) is 0 Å². The molecule has 2 aliphatic carbocycles. The summed E-state index contributed by atoms with van der Waals surface area (Å²) in [6.07, 6.45) is 10.8. The van der Waals surface area contributed by atoms with E-state index in [0.29, 0.717) is 12.3 Å². The van der Waals surface area contributed by atoms with E-state index in [1.165, 1.54) is 57.8 Å². The Bertz CT molecular complexity index is 355. The van der Waals surface area contributed by atoms with Crippen molar-refractivity contribution in [3.8, 4) is 0 Å². The molecule has 1 nitrogen and oxygen atoms in total. The second-order valence-electron chi connectivity index (χ2n) is 8.72. The maximum absolute atomic E-state index is 13.1. The molecule has 0 amide bonds. The van der Waals surface area contributed by atoms with Gasteiger partial charge in [-0.25, -0.2) is 0 Å². The fraction of sp³-hybridized carbons (Fsp3) is 1.00. The van der Waals surface area contributed by atoms with Crippen molar-refractivity contribution >= 4 is 0 Å². The van der Waals surface area contributed by atoms with E-state index in [1.807, 2.05) is 6.92 Å². The Morgan fingerprint density at radius 1 is 0.846 bits per heavy atom. The van der Waals surface area contributed by atoms with Crippen molar-refractivity contribution in [2.45, 2.75) is 116 Å². The number of hydrogen-bond acceptors (Lipinski definition) is 1. The van der Waals surface area contributed by atoms with Crippen molar-refractivity contribution in [2.75, 3.05) is 6.61 Å². The topological polar surface area (TPSA) is 9.23 Å².